The van der Waals surface area contributed by atoms with Crippen LogP contribution < -0.4 is 5.32 Å². The Labute approximate surface area is 109 Å². The van der Waals surface area contributed by atoms with Gasteiger partial charge in [0.2, 0.25) is 10.0 Å². The van der Waals surface area contributed by atoms with E-state index in [0.29, 0.717) is 29.5 Å². The van der Waals surface area contributed by atoms with E-state index in [1.807, 2.05) is 13.8 Å². The van der Waals surface area contributed by atoms with Crippen LogP contribution in [0.15, 0.2) is 9.31 Å². The summed E-state index contributed by atoms with van der Waals surface area (Å²) < 4.78 is 31.6. The van der Waals surface area contributed by atoms with E-state index in [2.05, 4.69) is 5.32 Å². The Bertz CT molecular complexity index is 506. The molecule has 104 valence electrons. The standard InChI is InChI=1S/C12H22N2O3S/c1-6-13-8-11-9(3)17-10(4)12(11)18(15,16)14(5)7-2/h13H,6-8H2,1-5H3. The van der Waals surface area contributed by atoms with E-state index in [0.717, 1.165) is 12.1 Å². The molecule has 1 aromatic rings. The Kier molecular flexibility index (Phi) is 4.95. The van der Waals surface area contributed by atoms with Crippen molar-refractivity contribution in [2.24, 2.45) is 0 Å². The van der Waals surface area contributed by atoms with Crippen LogP contribution in [-0.4, -0.2) is 32.9 Å². The summed E-state index contributed by atoms with van der Waals surface area (Å²) in [5.74, 6) is 1.12. The fraction of sp³-hybridized carbons (Fsp3) is 0.667. The predicted molar refractivity (Wildman–Crippen MR) is 71.1 cm³/mol. The summed E-state index contributed by atoms with van der Waals surface area (Å²) in [5.41, 5.74) is 0.731. The highest BCUT2D eigenvalue weighted by molar-refractivity contribution is 7.89. The van der Waals surface area contributed by atoms with Crippen LogP contribution in [0.5, 0.6) is 0 Å². The molecule has 0 aliphatic heterocycles. The number of aryl methyl sites for hydroxylation is 2. The first-order valence-corrected chi connectivity index (χ1v) is 7.56. The SMILES string of the molecule is CCNCc1c(C)oc(C)c1S(=O)(=O)N(C)CC. The first-order chi connectivity index (χ1) is 8.36. The minimum absolute atomic E-state index is 0.310. The number of nitrogens with one attached hydrogen (secondary N) is 1. The summed E-state index contributed by atoms with van der Waals surface area (Å²) in [5, 5.41) is 3.15. The van der Waals surface area contributed by atoms with Crippen LogP contribution in [0.4, 0.5) is 0 Å². The number of hydrogen-bond donors (Lipinski definition) is 1. The number of nitrogens with zero attached hydrogens (tertiary/aromatic N) is 1. The van der Waals surface area contributed by atoms with Crippen molar-refractivity contribution in [1.29, 1.82) is 0 Å². The van der Waals surface area contributed by atoms with Gasteiger partial charge >= 0.3 is 0 Å². The molecule has 5 nitrogen and oxygen atoms in total. The summed E-state index contributed by atoms with van der Waals surface area (Å²) in [7, 11) is -1.88. The maximum Gasteiger partial charge on any atom is 0.246 e. The lowest BCUT2D eigenvalue weighted by molar-refractivity contribution is 0.474. The molecule has 0 fully saturated rings. The van der Waals surface area contributed by atoms with Crippen LogP contribution in [-0.2, 0) is 16.6 Å². The van der Waals surface area contributed by atoms with Crippen LogP contribution in [0, 0.1) is 13.8 Å². The number of rotatable bonds is 6. The van der Waals surface area contributed by atoms with Gasteiger partial charge in [-0.2, -0.15) is 0 Å². The predicted octanol–water partition coefficient (Wildman–Crippen LogP) is 1.65. The molecule has 0 saturated carbocycles. The summed E-state index contributed by atoms with van der Waals surface area (Å²) in [4.78, 5) is 0.310. The van der Waals surface area contributed by atoms with Gasteiger partial charge in [-0.15, -0.1) is 0 Å². The van der Waals surface area contributed by atoms with Crippen molar-refractivity contribution in [3.63, 3.8) is 0 Å². The van der Waals surface area contributed by atoms with Gasteiger partial charge in [0.05, 0.1) is 0 Å². The molecule has 6 heteroatoms. The van der Waals surface area contributed by atoms with E-state index in [4.69, 9.17) is 4.42 Å². The van der Waals surface area contributed by atoms with Crippen LogP contribution in [0.1, 0.15) is 30.9 Å². The third kappa shape index (κ3) is 2.76. The van der Waals surface area contributed by atoms with Gasteiger partial charge in [0, 0.05) is 25.7 Å². The Balaban J connectivity index is 3.31. The molecular formula is C12H22N2O3S. The first kappa shape index (κ1) is 15.2. The minimum atomic E-state index is -3.46. The van der Waals surface area contributed by atoms with Crippen molar-refractivity contribution in [2.75, 3.05) is 20.1 Å². The molecule has 0 bridgehead atoms. The fourth-order valence-corrected chi connectivity index (χ4v) is 3.41. The Morgan fingerprint density at radius 2 is 1.83 bits per heavy atom. The van der Waals surface area contributed by atoms with Crippen molar-refractivity contribution in [2.45, 2.75) is 39.1 Å². The molecule has 0 spiro atoms. The second-order valence-electron chi connectivity index (χ2n) is 4.22. The van der Waals surface area contributed by atoms with Gasteiger partial charge in [0.1, 0.15) is 16.4 Å². The fourth-order valence-electron chi connectivity index (χ4n) is 1.83. The summed E-state index contributed by atoms with van der Waals surface area (Å²) >= 11 is 0. The molecule has 0 atom stereocenters. The van der Waals surface area contributed by atoms with Crippen LogP contribution in [0.25, 0.3) is 0 Å². The van der Waals surface area contributed by atoms with E-state index >= 15 is 0 Å². The first-order valence-electron chi connectivity index (χ1n) is 6.12. The molecule has 0 radical (unpaired) electrons. The van der Waals surface area contributed by atoms with Gasteiger partial charge in [0.15, 0.2) is 0 Å². The second-order valence-corrected chi connectivity index (χ2v) is 6.20. The maximum absolute atomic E-state index is 12.4. The summed E-state index contributed by atoms with van der Waals surface area (Å²) in [6.07, 6.45) is 0. The summed E-state index contributed by atoms with van der Waals surface area (Å²) in [6, 6.07) is 0. The zero-order chi connectivity index (χ0) is 13.9. The molecule has 18 heavy (non-hydrogen) atoms. The molecule has 1 N–H and O–H groups in total. The van der Waals surface area contributed by atoms with Crippen LogP contribution in [0.3, 0.4) is 0 Å². The third-order valence-electron chi connectivity index (χ3n) is 2.99. The average molecular weight is 274 g/mol. The van der Waals surface area contributed by atoms with E-state index in [-0.39, 0.29) is 0 Å². The number of furan rings is 1. The zero-order valence-electron chi connectivity index (χ0n) is 11.7. The molecule has 0 unspecified atom stereocenters. The largest absolute Gasteiger partial charge is 0.465 e. The van der Waals surface area contributed by atoms with Crippen molar-refractivity contribution in [1.82, 2.24) is 9.62 Å². The zero-order valence-corrected chi connectivity index (χ0v) is 12.5. The van der Waals surface area contributed by atoms with Gasteiger partial charge in [-0.3, -0.25) is 0 Å². The van der Waals surface area contributed by atoms with Gasteiger partial charge in [-0.25, -0.2) is 12.7 Å². The topological polar surface area (TPSA) is 62.6 Å². The lowest BCUT2D eigenvalue weighted by atomic mass is 10.2. The number of sulfonamides is 1. The Hall–Kier alpha value is -0.850. The third-order valence-corrected chi connectivity index (χ3v) is 5.12. The monoisotopic (exact) mass is 274 g/mol. The van der Waals surface area contributed by atoms with E-state index in [9.17, 15) is 8.42 Å². The quantitative estimate of drug-likeness (QED) is 0.856. The van der Waals surface area contributed by atoms with Crippen molar-refractivity contribution in [3.05, 3.63) is 17.1 Å². The van der Waals surface area contributed by atoms with E-state index in [1.165, 1.54) is 4.31 Å². The smallest absolute Gasteiger partial charge is 0.246 e. The lowest BCUT2D eigenvalue weighted by Gasteiger charge is -2.15. The molecule has 1 aromatic heterocycles. The molecule has 1 heterocycles. The highest BCUT2D eigenvalue weighted by Gasteiger charge is 2.29. The van der Waals surface area contributed by atoms with Crippen molar-refractivity contribution >= 4 is 10.0 Å². The lowest BCUT2D eigenvalue weighted by Crippen LogP contribution is -2.28. The molecule has 0 aliphatic rings. The molecule has 0 saturated heterocycles. The molecule has 0 aliphatic carbocycles. The maximum atomic E-state index is 12.4. The van der Waals surface area contributed by atoms with Crippen LogP contribution in [0.2, 0.25) is 0 Å². The highest BCUT2D eigenvalue weighted by atomic mass is 32.2. The Morgan fingerprint density at radius 3 is 2.33 bits per heavy atom. The normalized spacial score (nSPS) is 12.3. The van der Waals surface area contributed by atoms with Gasteiger partial charge in [-0.1, -0.05) is 13.8 Å². The number of hydrogen-bond acceptors (Lipinski definition) is 4. The van der Waals surface area contributed by atoms with Crippen LogP contribution >= 0.6 is 0 Å². The molecule has 1 rings (SSSR count). The summed E-state index contributed by atoms with van der Waals surface area (Å²) in [6.45, 7) is 9.01. The molecule has 0 amide bonds. The highest BCUT2D eigenvalue weighted by Crippen LogP contribution is 2.28. The Morgan fingerprint density at radius 1 is 1.22 bits per heavy atom. The second kappa shape index (κ2) is 5.86. The average Bonchev–Trinajstić information content (AvgIpc) is 2.60. The van der Waals surface area contributed by atoms with Gasteiger partial charge in [0.25, 0.3) is 0 Å². The van der Waals surface area contributed by atoms with Crippen molar-refractivity contribution < 1.29 is 12.8 Å². The molecule has 0 aromatic carbocycles. The molecular weight excluding hydrogens is 252 g/mol. The van der Waals surface area contributed by atoms with Crippen molar-refractivity contribution in [3.8, 4) is 0 Å². The van der Waals surface area contributed by atoms with Gasteiger partial charge < -0.3 is 9.73 Å². The minimum Gasteiger partial charge on any atom is -0.465 e. The van der Waals surface area contributed by atoms with E-state index in [1.54, 1.807) is 20.9 Å². The van der Waals surface area contributed by atoms with E-state index < -0.39 is 10.0 Å². The van der Waals surface area contributed by atoms with Gasteiger partial charge in [-0.05, 0) is 20.4 Å².